The number of hydrogen-bond donors (Lipinski definition) is 2. The molecular formula is C29H22BCl2F4N3O4. The molecule has 0 aliphatic carbocycles. The van der Waals surface area contributed by atoms with Crippen LogP contribution in [0, 0.1) is 5.82 Å². The average molecular weight is 634 g/mol. The van der Waals surface area contributed by atoms with E-state index in [0.29, 0.717) is 11.0 Å². The van der Waals surface area contributed by atoms with Gasteiger partial charge in [0.05, 0.1) is 38.8 Å². The van der Waals surface area contributed by atoms with Crippen LogP contribution in [0.25, 0.3) is 5.52 Å². The van der Waals surface area contributed by atoms with Crippen LogP contribution in [0.15, 0.2) is 65.9 Å². The third-order valence-electron chi connectivity index (χ3n) is 7.76. The molecule has 0 saturated carbocycles. The van der Waals surface area contributed by atoms with Crippen LogP contribution in [-0.4, -0.2) is 34.3 Å². The Morgan fingerprint density at radius 3 is 2.56 bits per heavy atom. The van der Waals surface area contributed by atoms with Gasteiger partial charge in [-0.2, -0.15) is 13.2 Å². The van der Waals surface area contributed by atoms with E-state index in [-0.39, 0.29) is 23.5 Å². The molecule has 1 amide bonds. The fourth-order valence-corrected chi connectivity index (χ4v) is 6.04. The Bertz CT molecular complexity index is 1800. The van der Waals surface area contributed by atoms with Crippen LogP contribution < -0.4 is 10.8 Å². The van der Waals surface area contributed by atoms with Crippen molar-refractivity contribution in [3.63, 3.8) is 0 Å². The Balaban J connectivity index is 1.26. The maximum atomic E-state index is 14.5. The van der Waals surface area contributed by atoms with E-state index < -0.39 is 58.3 Å². The monoisotopic (exact) mass is 633 g/mol. The minimum absolute atomic E-state index is 0.0519. The molecule has 2 aliphatic rings. The van der Waals surface area contributed by atoms with E-state index in [1.54, 1.807) is 28.8 Å². The molecule has 2 N–H and O–H groups in total. The molecule has 0 bridgehead atoms. The van der Waals surface area contributed by atoms with Gasteiger partial charge in [0.15, 0.2) is 5.82 Å². The molecule has 2 aliphatic heterocycles. The van der Waals surface area contributed by atoms with Crippen molar-refractivity contribution in [1.29, 1.82) is 0 Å². The summed E-state index contributed by atoms with van der Waals surface area (Å²) < 4.78 is 64.5. The number of nitrogens with one attached hydrogen (secondary N) is 1. The van der Waals surface area contributed by atoms with Crippen LogP contribution in [0.5, 0.6) is 0 Å². The van der Waals surface area contributed by atoms with Gasteiger partial charge >= 0.3 is 13.3 Å². The normalized spacial score (nSPS) is 19.4. The van der Waals surface area contributed by atoms with Gasteiger partial charge in [0, 0.05) is 18.3 Å². The summed E-state index contributed by atoms with van der Waals surface area (Å²) in [5.41, 5.74) is -0.931. The molecule has 2 aromatic heterocycles. The van der Waals surface area contributed by atoms with Crippen LogP contribution in [-0.2, 0) is 27.2 Å². The first kappa shape index (κ1) is 29.5. The van der Waals surface area contributed by atoms with Gasteiger partial charge in [-0.3, -0.25) is 4.79 Å². The molecule has 14 heteroatoms. The Morgan fingerprint density at radius 1 is 1.14 bits per heavy atom. The second-order valence-electron chi connectivity index (χ2n) is 10.9. The zero-order chi connectivity index (χ0) is 30.9. The highest BCUT2D eigenvalue weighted by molar-refractivity contribution is 6.62. The second-order valence-corrected chi connectivity index (χ2v) is 11.7. The van der Waals surface area contributed by atoms with E-state index >= 15 is 0 Å². The van der Waals surface area contributed by atoms with Crippen molar-refractivity contribution in [2.45, 2.75) is 44.2 Å². The van der Waals surface area contributed by atoms with Gasteiger partial charge in [0.25, 0.3) is 11.5 Å². The number of rotatable bonds is 5. The summed E-state index contributed by atoms with van der Waals surface area (Å²) in [6, 6.07) is 13.4. The molecule has 0 spiro atoms. The van der Waals surface area contributed by atoms with Crippen molar-refractivity contribution in [2.75, 3.05) is 0 Å². The lowest BCUT2D eigenvalue weighted by Gasteiger charge is -2.29. The van der Waals surface area contributed by atoms with Crippen LogP contribution in [0.1, 0.15) is 53.0 Å². The molecular weight excluding hydrogens is 612 g/mol. The number of carbonyl (C=O) groups is 1. The van der Waals surface area contributed by atoms with Crippen molar-refractivity contribution in [1.82, 2.24) is 9.72 Å². The first-order valence-corrected chi connectivity index (χ1v) is 13.8. The topological polar surface area (TPSA) is 84.6 Å². The van der Waals surface area contributed by atoms with E-state index in [1.165, 1.54) is 12.1 Å². The van der Waals surface area contributed by atoms with Gasteiger partial charge in [-0.15, -0.1) is 0 Å². The third-order valence-corrected chi connectivity index (χ3v) is 8.31. The van der Waals surface area contributed by atoms with Crippen LogP contribution in [0.2, 0.25) is 10.0 Å². The Labute approximate surface area is 253 Å². The maximum Gasteiger partial charge on any atom is 0.492 e. The molecule has 0 saturated heterocycles. The predicted octanol–water partition coefficient (Wildman–Crippen LogP) is 5.85. The Morgan fingerprint density at radius 2 is 1.86 bits per heavy atom. The third kappa shape index (κ3) is 4.86. The van der Waals surface area contributed by atoms with Crippen molar-refractivity contribution in [3.8, 4) is 0 Å². The van der Waals surface area contributed by atoms with Gasteiger partial charge in [-0.05, 0) is 66.8 Å². The molecule has 4 aromatic rings. The lowest BCUT2D eigenvalue weighted by Crippen LogP contribution is -2.42. The first-order chi connectivity index (χ1) is 20.2. The summed E-state index contributed by atoms with van der Waals surface area (Å²) in [5, 5.41) is 15.7. The second kappa shape index (κ2) is 10.3. The number of oxime groups is 1. The number of pyridine rings is 1. The summed E-state index contributed by atoms with van der Waals surface area (Å²) >= 11 is 11.6. The minimum atomic E-state index is -4.96. The molecule has 1 atom stereocenters. The van der Waals surface area contributed by atoms with Crippen LogP contribution >= 0.6 is 23.2 Å². The summed E-state index contributed by atoms with van der Waals surface area (Å²) in [6.45, 7) is 3.87. The molecule has 0 unspecified atom stereocenters. The zero-order valence-corrected chi connectivity index (χ0v) is 24.1. The van der Waals surface area contributed by atoms with E-state index in [9.17, 15) is 27.4 Å². The fraction of sp³-hybridized carbons (Fsp3) is 0.241. The van der Waals surface area contributed by atoms with Gasteiger partial charge in [0.2, 0.25) is 0 Å². The molecule has 0 fully saturated rings. The Hall–Kier alpha value is -3.58. The average Bonchev–Trinajstić information content (AvgIpc) is 3.66. The number of amides is 1. The summed E-state index contributed by atoms with van der Waals surface area (Å²) in [6.07, 6.45) is -4.13. The lowest BCUT2D eigenvalue weighted by atomic mass is 9.77. The largest absolute Gasteiger partial charge is 0.492 e. The molecule has 43 heavy (non-hydrogen) atoms. The molecule has 7 nitrogen and oxygen atoms in total. The van der Waals surface area contributed by atoms with E-state index in [1.807, 2.05) is 26.0 Å². The smallest absolute Gasteiger partial charge is 0.423 e. The van der Waals surface area contributed by atoms with Crippen molar-refractivity contribution in [3.05, 3.63) is 105 Å². The highest BCUT2D eigenvalue weighted by Gasteiger charge is 2.62. The minimum Gasteiger partial charge on any atom is -0.423 e. The zero-order valence-electron chi connectivity index (χ0n) is 22.6. The number of carbonyl (C=O) groups excluding carboxylic acids is 1. The highest BCUT2D eigenvalue weighted by Crippen LogP contribution is 2.50. The van der Waals surface area contributed by atoms with Gasteiger partial charge in [0.1, 0.15) is 5.71 Å². The number of hydrogen-bond acceptors (Lipinski definition) is 5. The first-order valence-electron chi connectivity index (χ1n) is 13.1. The molecule has 222 valence electrons. The lowest BCUT2D eigenvalue weighted by molar-refractivity contribution is -0.275. The number of alkyl halides is 3. The molecule has 2 aromatic carbocycles. The van der Waals surface area contributed by atoms with Crippen LogP contribution in [0.3, 0.4) is 0 Å². The summed E-state index contributed by atoms with van der Waals surface area (Å²) in [4.78, 5) is 18.3. The number of aromatic nitrogens is 1. The molecule has 6 rings (SSSR count). The van der Waals surface area contributed by atoms with Crippen molar-refractivity contribution in [2.24, 2.45) is 5.16 Å². The standard InChI is InChI=1S/C29H22BCl2F4N3O4/c1-27(2)18-7-5-15(10-19(18)30(41)42-27)14-37-26(40)17-6-8-24(39-9-3-4-23(17)39)22-13-28(43-38-22,29(34,35)36)16-11-20(31)25(33)21(32)12-16/h3-12,41H,13-14H2,1-2H3,(H,37,40)/t28-/m0/s1. The summed E-state index contributed by atoms with van der Waals surface area (Å²) in [7, 11) is -1.07. The van der Waals surface area contributed by atoms with E-state index in [4.69, 9.17) is 32.7 Å². The molecule has 0 radical (unpaired) electrons. The van der Waals surface area contributed by atoms with Gasteiger partial charge in [-0.1, -0.05) is 46.6 Å². The van der Waals surface area contributed by atoms with Gasteiger partial charge < -0.3 is 24.2 Å². The number of benzene rings is 2. The van der Waals surface area contributed by atoms with Crippen molar-refractivity contribution < 1.29 is 36.9 Å². The number of nitrogens with zero attached hydrogens (tertiary/aromatic N) is 2. The summed E-state index contributed by atoms with van der Waals surface area (Å²) in [5.74, 6) is -1.46. The van der Waals surface area contributed by atoms with E-state index in [0.717, 1.165) is 23.3 Å². The molecule has 4 heterocycles. The number of fused-ring (bicyclic) bond motifs is 2. The van der Waals surface area contributed by atoms with Crippen LogP contribution in [0.4, 0.5) is 17.6 Å². The van der Waals surface area contributed by atoms with Gasteiger partial charge in [-0.25, -0.2) is 4.39 Å². The van der Waals surface area contributed by atoms with E-state index in [2.05, 4.69) is 10.5 Å². The fourth-order valence-electron chi connectivity index (χ4n) is 5.55. The highest BCUT2D eigenvalue weighted by atomic mass is 35.5. The quantitative estimate of drug-likeness (QED) is 0.164. The number of halogens is 6. The van der Waals surface area contributed by atoms with Crippen molar-refractivity contribution >= 4 is 52.9 Å². The predicted molar refractivity (Wildman–Crippen MR) is 153 cm³/mol. The maximum absolute atomic E-state index is 14.5. The Kier molecular flexibility index (Phi) is 7.04. The SMILES string of the molecule is CC1(C)OB(O)c2cc(CNC(=O)c3ccc(C4=NO[C@@](c5cc(Cl)c(F)c(Cl)c5)(C(F)(F)F)C4)n4cccc34)ccc21.